The van der Waals surface area contributed by atoms with Crippen LogP contribution < -0.4 is 4.74 Å². The van der Waals surface area contributed by atoms with E-state index in [9.17, 15) is 4.79 Å². The van der Waals surface area contributed by atoms with E-state index in [2.05, 4.69) is 15.9 Å². The van der Waals surface area contributed by atoms with E-state index in [1.165, 1.54) is 0 Å². The molecule has 0 aliphatic heterocycles. The lowest BCUT2D eigenvalue weighted by molar-refractivity contribution is 0.0526. The lowest BCUT2D eigenvalue weighted by Gasteiger charge is -2.06. The molecule has 19 heavy (non-hydrogen) atoms. The Morgan fingerprint density at radius 1 is 1.00 bits per heavy atom. The number of hydrogen-bond acceptors (Lipinski definition) is 3. The first-order chi connectivity index (χ1) is 9.19. The second-order valence-electron chi connectivity index (χ2n) is 3.80. The first-order valence-electron chi connectivity index (χ1n) is 5.89. The van der Waals surface area contributed by atoms with Crippen LogP contribution in [0.25, 0.3) is 0 Å². The van der Waals surface area contributed by atoms with E-state index in [-0.39, 0.29) is 5.97 Å². The van der Waals surface area contributed by atoms with Crippen molar-refractivity contribution in [3.8, 4) is 11.5 Å². The number of ether oxygens (including phenoxy) is 2. The zero-order chi connectivity index (χ0) is 13.7. The number of benzene rings is 2. The van der Waals surface area contributed by atoms with Gasteiger partial charge in [-0.25, -0.2) is 4.79 Å². The molecule has 0 heterocycles. The SMILES string of the molecule is CCOC(=O)c1ccc(Oc2ccc(Br)cc2)cc1. The molecule has 0 aliphatic carbocycles. The highest BCUT2D eigenvalue weighted by atomic mass is 79.9. The van der Waals surface area contributed by atoms with E-state index in [1.54, 1.807) is 31.2 Å². The van der Waals surface area contributed by atoms with Gasteiger partial charge in [-0.05, 0) is 55.5 Å². The summed E-state index contributed by atoms with van der Waals surface area (Å²) in [7, 11) is 0. The van der Waals surface area contributed by atoms with E-state index in [4.69, 9.17) is 9.47 Å². The Labute approximate surface area is 120 Å². The number of carbonyl (C=O) groups excluding carboxylic acids is 1. The fourth-order valence-corrected chi connectivity index (χ4v) is 1.78. The van der Waals surface area contributed by atoms with Crippen LogP contribution in [0, 0.1) is 0 Å². The highest BCUT2D eigenvalue weighted by molar-refractivity contribution is 9.10. The quantitative estimate of drug-likeness (QED) is 0.782. The Morgan fingerprint density at radius 3 is 2.05 bits per heavy atom. The zero-order valence-corrected chi connectivity index (χ0v) is 12.0. The summed E-state index contributed by atoms with van der Waals surface area (Å²) in [6.45, 7) is 2.15. The van der Waals surface area contributed by atoms with Gasteiger partial charge in [0, 0.05) is 4.47 Å². The Balaban J connectivity index is 2.06. The molecular formula is C15H13BrO3. The molecule has 2 rings (SSSR count). The average molecular weight is 321 g/mol. The minimum atomic E-state index is -0.322. The third-order valence-electron chi connectivity index (χ3n) is 2.41. The van der Waals surface area contributed by atoms with Crippen molar-refractivity contribution in [1.82, 2.24) is 0 Å². The molecule has 0 N–H and O–H groups in total. The monoisotopic (exact) mass is 320 g/mol. The second kappa shape index (κ2) is 6.38. The molecule has 0 atom stereocenters. The minimum Gasteiger partial charge on any atom is -0.462 e. The summed E-state index contributed by atoms with van der Waals surface area (Å²) in [6, 6.07) is 14.4. The van der Waals surface area contributed by atoms with Crippen LogP contribution in [0.15, 0.2) is 53.0 Å². The Bertz CT molecular complexity index is 547. The maximum atomic E-state index is 11.5. The van der Waals surface area contributed by atoms with Crippen LogP contribution in [0.2, 0.25) is 0 Å². The maximum absolute atomic E-state index is 11.5. The highest BCUT2D eigenvalue weighted by Crippen LogP contribution is 2.23. The van der Waals surface area contributed by atoms with Gasteiger partial charge in [0.1, 0.15) is 11.5 Å². The lowest BCUT2D eigenvalue weighted by Crippen LogP contribution is -2.03. The van der Waals surface area contributed by atoms with Crippen LogP contribution in [0.4, 0.5) is 0 Å². The summed E-state index contributed by atoms with van der Waals surface area (Å²) in [5.41, 5.74) is 0.519. The van der Waals surface area contributed by atoms with Crippen molar-refractivity contribution in [2.75, 3.05) is 6.61 Å². The molecule has 2 aromatic carbocycles. The summed E-state index contributed by atoms with van der Waals surface area (Å²) in [4.78, 5) is 11.5. The Hall–Kier alpha value is -1.81. The average Bonchev–Trinajstić information content (AvgIpc) is 2.42. The molecular weight excluding hydrogens is 308 g/mol. The largest absolute Gasteiger partial charge is 0.462 e. The van der Waals surface area contributed by atoms with Crippen LogP contribution in [-0.2, 0) is 4.74 Å². The van der Waals surface area contributed by atoms with E-state index in [1.807, 2.05) is 24.3 Å². The summed E-state index contributed by atoms with van der Waals surface area (Å²) in [5, 5.41) is 0. The van der Waals surface area contributed by atoms with Crippen molar-refractivity contribution in [3.63, 3.8) is 0 Å². The highest BCUT2D eigenvalue weighted by Gasteiger charge is 2.06. The third kappa shape index (κ3) is 3.83. The fourth-order valence-electron chi connectivity index (χ4n) is 1.51. The first kappa shape index (κ1) is 13.6. The molecule has 0 amide bonds. The standard InChI is InChI=1S/C15H13BrO3/c1-2-18-15(17)11-3-7-13(8-4-11)19-14-9-5-12(16)6-10-14/h3-10H,2H2,1H3. The number of hydrogen-bond donors (Lipinski definition) is 0. The summed E-state index contributed by atoms with van der Waals surface area (Å²) in [6.07, 6.45) is 0. The van der Waals surface area contributed by atoms with Crippen molar-refractivity contribution in [1.29, 1.82) is 0 Å². The summed E-state index contributed by atoms with van der Waals surface area (Å²) < 4.78 is 11.6. The minimum absolute atomic E-state index is 0.322. The number of rotatable bonds is 4. The maximum Gasteiger partial charge on any atom is 0.338 e. The van der Waals surface area contributed by atoms with Gasteiger partial charge in [-0.2, -0.15) is 0 Å². The zero-order valence-electron chi connectivity index (χ0n) is 10.4. The van der Waals surface area contributed by atoms with Crippen LogP contribution in [0.5, 0.6) is 11.5 Å². The van der Waals surface area contributed by atoms with Gasteiger partial charge in [-0.3, -0.25) is 0 Å². The van der Waals surface area contributed by atoms with Crippen molar-refractivity contribution in [2.45, 2.75) is 6.92 Å². The van der Waals surface area contributed by atoms with Gasteiger partial charge in [-0.15, -0.1) is 0 Å². The van der Waals surface area contributed by atoms with Gasteiger partial charge >= 0.3 is 5.97 Å². The molecule has 0 aliphatic rings. The molecule has 0 saturated carbocycles. The molecule has 3 nitrogen and oxygen atoms in total. The van der Waals surface area contributed by atoms with Gasteiger partial charge in [0.15, 0.2) is 0 Å². The van der Waals surface area contributed by atoms with E-state index in [0.29, 0.717) is 17.9 Å². The molecule has 0 radical (unpaired) electrons. The van der Waals surface area contributed by atoms with Crippen molar-refractivity contribution in [2.24, 2.45) is 0 Å². The molecule has 0 aromatic heterocycles. The predicted molar refractivity (Wildman–Crippen MR) is 76.6 cm³/mol. The van der Waals surface area contributed by atoms with Crippen LogP contribution >= 0.6 is 15.9 Å². The van der Waals surface area contributed by atoms with E-state index >= 15 is 0 Å². The van der Waals surface area contributed by atoms with Gasteiger partial charge in [-0.1, -0.05) is 15.9 Å². The van der Waals surface area contributed by atoms with Crippen LogP contribution in [-0.4, -0.2) is 12.6 Å². The van der Waals surface area contributed by atoms with Crippen molar-refractivity contribution < 1.29 is 14.3 Å². The topological polar surface area (TPSA) is 35.5 Å². The van der Waals surface area contributed by atoms with E-state index in [0.717, 1.165) is 10.2 Å². The normalized spacial score (nSPS) is 10.0. The molecule has 4 heteroatoms. The molecule has 0 fully saturated rings. The Kier molecular flexibility index (Phi) is 4.58. The summed E-state index contributed by atoms with van der Waals surface area (Å²) in [5.74, 6) is 1.10. The molecule has 2 aromatic rings. The fraction of sp³-hybridized carbons (Fsp3) is 0.133. The van der Waals surface area contributed by atoms with Gasteiger partial charge in [0.05, 0.1) is 12.2 Å². The van der Waals surface area contributed by atoms with Gasteiger partial charge in [0.2, 0.25) is 0 Å². The molecule has 98 valence electrons. The third-order valence-corrected chi connectivity index (χ3v) is 2.94. The first-order valence-corrected chi connectivity index (χ1v) is 6.69. The van der Waals surface area contributed by atoms with Crippen molar-refractivity contribution in [3.05, 3.63) is 58.6 Å². The van der Waals surface area contributed by atoms with Crippen LogP contribution in [0.1, 0.15) is 17.3 Å². The molecule has 0 unspecified atom stereocenters. The molecule has 0 spiro atoms. The number of carbonyl (C=O) groups is 1. The summed E-state index contributed by atoms with van der Waals surface area (Å²) >= 11 is 3.36. The number of esters is 1. The van der Waals surface area contributed by atoms with Crippen LogP contribution in [0.3, 0.4) is 0 Å². The predicted octanol–water partition coefficient (Wildman–Crippen LogP) is 4.42. The lowest BCUT2D eigenvalue weighted by atomic mass is 10.2. The second-order valence-corrected chi connectivity index (χ2v) is 4.72. The van der Waals surface area contributed by atoms with Gasteiger partial charge in [0.25, 0.3) is 0 Å². The van der Waals surface area contributed by atoms with Gasteiger partial charge < -0.3 is 9.47 Å². The van der Waals surface area contributed by atoms with E-state index < -0.39 is 0 Å². The number of halogens is 1. The Morgan fingerprint density at radius 2 is 1.53 bits per heavy atom. The smallest absolute Gasteiger partial charge is 0.338 e. The van der Waals surface area contributed by atoms with Crippen molar-refractivity contribution >= 4 is 21.9 Å². The molecule has 0 bridgehead atoms. The molecule has 0 saturated heterocycles.